The molecule has 30 heavy (non-hydrogen) atoms. The number of rotatable bonds is 3. The van der Waals surface area contributed by atoms with Gasteiger partial charge in [0.2, 0.25) is 0 Å². The van der Waals surface area contributed by atoms with Crippen molar-refractivity contribution in [3.05, 3.63) is 96.1 Å². The Bertz CT molecular complexity index is 1490. The molecule has 0 radical (unpaired) electrons. The van der Waals surface area contributed by atoms with Gasteiger partial charge in [-0.05, 0) is 77.5 Å². The van der Waals surface area contributed by atoms with Crippen molar-refractivity contribution in [3.63, 3.8) is 0 Å². The van der Waals surface area contributed by atoms with Crippen LogP contribution in [-0.2, 0) is 13.2 Å². The van der Waals surface area contributed by atoms with Crippen LogP contribution in [0.2, 0.25) is 0 Å². The van der Waals surface area contributed by atoms with E-state index in [1.807, 2.05) is 18.2 Å². The molecule has 0 aliphatic heterocycles. The fourth-order valence-electron chi connectivity index (χ4n) is 5.00. The van der Waals surface area contributed by atoms with Crippen molar-refractivity contribution in [1.29, 1.82) is 0 Å². The van der Waals surface area contributed by atoms with E-state index < -0.39 is 0 Å². The van der Waals surface area contributed by atoms with Gasteiger partial charge in [-0.1, -0.05) is 72.8 Å². The summed E-state index contributed by atoms with van der Waals surface area (Å²) in [6.45, 7) is -0.0883. The van der Waals surface area contributed by atoms with E-state index in [9.17, 15) is 10.2 Å². The van der Waals surface area contributed by atoms with Gasteiger partial charge >= 0.3 is 0 Å². The zero-order valence-electron chi connectivity index (χ0n) is 16.4. The largest absolute Gasteiger partial charge is 0.392 e. The molecule has 2 heteroatoms. The molecule has 2 nitrogen and oxygen atoms in total. The number of benzene rings is 6. The Balaban J connectivity index is 1.79. The Kier molecular flexibility index (Phi) is 3.79. The third-order valence-corrected chi connectivity index (χ3v) is 6.25. The maximum Gasteiger partial charge on any atom is 0.0682 e. The van der Waals surface area contributed by atoms with Crippen LogP contribution in [0.4, 0.5) is 0 Å². The molecule has 0 atom stereocenters. The fourth-order valence-corrected chi connectivity index (χ4v) is 5.00. The molecule has 0 aliphatic rings. The van der Waals surface area contributed by atoms with E-state index in [1.165, 1.54) is 43.1 Å². The molecule has 0 saturated heterocycles. The van der Waals surface area contributed by atoms with Crippen LogP contribution in [0, 0.1) is 0 Å². The first-order chi connectivity index (χ1) is 14.8. The van der Waals surface area contributed by atoms with Gasteiger partial charge in [0.05, 0.1) is 13.2 Å². The van der Waals surface area contributed by atoms with E-state index in [0.29, 0.717) is 0 Å². The van der Waals surface area contributed by atoms with E-state index in [0.717, 1.165) is 22.3 Å². The lowest BCUT2D eigenvalue weighted by molar-refractivity contribution is 0.275. The molecule has 0 aromatic heterocycles. The topological polar surface area (TPSA) is 40.5 Å². The monoisotopic (exact) mass is 388 g/mol. The molecule has 144 valence electrons. The summed E-state index contributed by atoms with van der Waals surface area (Å²) in [6, 6.07) is 29.8. The quantitative estimate of drug-likeness (QED) is 0.272. The molecule has 6 rings (SSSR count). The van der Waals surface area contributed by atoms with Crippen LogP contribution >= 0.6 is 0 Å². The third-order valence-electron chi connectivity index (χ3n) is 6.25. The predicted octanol–water partition coefficient (Wildman–Crippen LogP) is 6.39. The van der Waals surface area contributed by atoms with Crippen LogP contribution in [0.5, 0.6) is 0 Å². The third kappa shape index (κ3) is 2.38. The Labute approximate surface area is 174 Å². The lowest BCUT2D eigenvalue weighted by Crippen LogP contribution is -1.93. The highest BCUT2D eigenvalue weighted by atomic mass is 16.3. The lowest BCUT2D eigenvalue weighted by Gasteiger charge is -2.17. The summed E-state index contributed by atoms with van der Waals surface area (Å²) >= 11 is 0. The van der Waals surface area contributed by atoms with Crippen LogP contribution in [-0.4, -0.2) is 10.2 Å². The minimum Gasteiger partial charge on any atom is -0.392 e. The first kappa shape index (κ1) is 17.4. The molecule has 6 aromatic rings. The lowest BCUT2D eigenvalue weighted by atomic mass is 9.87. The van der Waals surface area contributed by atoms with Gasteiger partial charge < -0.3 is 10.2 Å². The molecule has 2 N–H and O–H groups in total. The second kappa shape index (κ2) is 6.53. The van der Waals surface area contributed by atoms with E-state index in [1.54, 1.807) is 0 Å². The van der Waals surface area contributed by atoms with Crippen molar-refractivity contribution >= 4 is 43.1 Å². The molecule has 0 aliphatic carbocycles. The van der Waals surface area contributed by atoms with Gasteiger partial charge in [-0.25, -0.2) is 0 Å². The van der Waals surface area contributed by atoms with Crippen molar-refractivity contribution in [3.8, 4) is 11.1 Å². The van der Waals surface area contributed by atoms with Crippen molar-refractivity contribution < 1.29 is 10.2 Å². The number of fused-ring (bicyclic) bond motifs is 2. The number of aliphatic hydroxyl groups is 2. The van der Waals surface area contributed by atoms with Crippen molar-refractivity contribution in [2.75, 3.05) is 0 Å². The van der Waals surface area contributed by atoms with Gasteiger partial charge in [0.25, 0.3) is 0 Å². The minimum atomic E-state index is -0.0442. The summed E-state index contributed by atoms with van der Waals surface area (Å²) in [5, 5.41) is 29.5. The average molecular weight is 388 g/mol. The number of hydrogen-bond donors (Lipinski definition) is 2. The number of hydrogen-bond acceptors (Lipinski definition) is 2. The summed E-state index contributed by atoms with van der Waals surface area (Å²) in [7, 11) is 0. The van der Waals surface area contributed by atoms with Crippen LogP contribution in [0.25, 0.3) is 54.2 Å². The van der Waals surface area contributed by atoms with Crippen molar-refractivity contribution in [2.45, 2.75) is 13.2 Å². The van der Waals surface area contributed by atoms with Crippen LogP contribution in [0.15, 0.2) is 84.9 Å². The molecule has 0 heterocycles. The first-order valence-corrected chi connectivity index (χ1v) is 10.2. The molecule has 0 saturated carbocycles. The molecular weight excluding hydrogens is 368 g/mol. The molecule has 6 aromatic carbocycles. The molecule has 0 bridgehead atoms. The summed E-state index contributed by atoms with van der Waals surface area (Å²) in [4.78, 5) is 0. The van der Waals surface area contributed by atoms with Gasteiger partial charge in [-0.3, -0.25) is 0 Å². The zero-order chi connectivity index (χ0) is 20.2. The van der Waals surface area contributed by atoms with Gasteiger partial charge in [0, 0.05) is 0 Å². The standard InChI is InChI=1S/C28H20O2/c29-15-17-12-18(16-30)14-20(13-17)21-10-11-26-24-7-2-5-19-4-1-6-23(27(19)24)25-9-3-8-22(21)28(25)26/h1-14,29-30H,15-16H2. The smallest absolute Gasteiger partial charge is 0.0682 e. The molecule has 0 fully saturated rings. The maximum atomic E-state index is 9.69. The van der Waals surface area contributed by atoms with Gasteiger partial charge in [-0.2, -0.15) is 0 Å². The Hall–Kier alpha value is -3.46. The second-order valence-corrected chi connectivity index (χ2v) is 7.95. The molecule has 0 spiro atoms. The number of aliphatic hydroxyl groups excluding tert-OH is 2. The van der Waals surface area contributed by atoms with E-state index >= 15 is 0 Å². The highest BCUT2D eigenvalue weighted by Gasteiger charge is 2.15. The normalized spacial score (nSPS) is 11.9. The van der Waals surface area contributed by atoms with Crippen LogP contribution in [0.3, 0.4) is 0 Å². The van der Waals surface area contributed by atoms with E-state index in [4.69, 9.17) is 0 Å². The van der Waals surface area contributed by atoms with Crippen molar-refractivity contribution in [2.24, 2.45) is 0 Å². The van der Waals surface area contributed by atoms with E-state index in [-0.39, 0.29) is 13.2 Å². The summed E-state index contributed by atoms with van der Waals surface area (Å²) in [5.41, 5.74) is 3.76. The summed E-state index contributed by atoms with van der Waals surface area (Å²) < 4.78 is 0. The van der Waals surface area contributed by atoms with Gasteiger partial charge in [0.1, 0.15) is 0 Å². The Morgan fingerprint density at radius 2 is 1.03 bits per heavy atom. The summed E-state index contributed by atoms with van der Waals surface area (Å²) in [5.74, 6) is 0. The van der Waals surface area contributed by atoms with Gasteiger partial charge in [0.15, 0.2) is 0 Å². The van der Waals surface area contributed by atoms with Crippen LogP contribution < -0.4 is 0 Å². The van der Waals surface area contributed by atoms with Crippen LogP contribution in [0.1, 0.15) is 11.1 Å². The summed E-state index contributed by atoms with van der Waals surface area (Å²) in [6.07, 6.45) is 0. The first-order valence-electron chi connectivity index (χ1n) is 10.2. The zero-order valence-corrected chi connectivity index (χ0v) is 16.4. The van der Waals surface area contributed by atoms with E-state index in [2.05, 4.69) is 66.7 Å². The molecule has 0 unspecified atom stereocenters. The average Bonchev–Trinajstić information content (AvgIpc) is 2.81. The SMILES string of the molecule is OCc1cc(CO)cc(-c2ccc3c4cccc5cccc(c6cccc2c63)c54)c1. The van der Waals surface area contributed by atoms with Gasteiger partial charge in [-0.15, -0.1) is 0 Å². The van der Waals surface area contributed by atoms with Crippen molar-refractivity contribution in [1.82, 2.24) is 0 Å². The Morgan fingerprint density at radius 1 is 0.500 bits per heavy atom. The Morgan fingerprint density at radius 3 is 1.67 bits per heavy atom. The predicted molar refractivity (Wildman–Crippen MR) is 125 cm³/mol. The molecule has 0 amide bonds. The highest BCUT2D eigenvalue weighted by Crippen LogP contribution is 2.43. The fraction of sp³-hybridized carbons (Fsp3) is 0.0714. The maximum absolute atomic E-state index is 9.69. The molecular formula is C28H20O2. The minimum absolute atomic E-state index is 0.0442. The second-order valence-electron chi connectivity index (χ2n) is 7.95. The highest BCUT2D eigenvalue weighted by molar-refractivity contribution is 6.34.